The molecule has 302 valence electrons. The van der Waals surface area contributed by atoms with Crippen molar-refractivity contribution >= 4 is 59.3 Å². The van der Waals surface area contributed by atoms with Crippen LogP contribution in [0, 0.1) is 0 Å². The van der Waals surface area contributed by atoms with Crippen molar-refractivity contribution < 1.29 is 76.4 Å². The van der Waals surface area contributed by atoms with Crippen LogP contribution in [0.4, 0.5) is 0 Å². The maximum absolute atomic E-state index is 10.6. The summed E-state index contributed by atoms with van der Waals surface area (Å²) in [6, 6.07) is 0. The Morgan fingerprint density at radius 1 is 0.588 bits per heavy atom. The lowest BCUT2D eigenvalue weighted by Crippen LogP contribution is -2.25. The zero-order valence-corrected chi connectivity index (χ0v) is 29.5. The number of methoxy groups -OCH3 is 1. The number of Topliss-reactive ketones (excluding diaryl/α,β-unsaturated/α-hetero) is 5. The molecule has 51 heavy (non-hydrogen) atoms. The minimum Gasteiger partial charge on any atom is -0.464 e. The number of rotatable bonds is 14. The Kier molecular flexibility index (Phi) is 55.7. The zero-order chi connectivity index (χ0) is 38.4. The fraction of sp³-hybridized carbons (Fsp3) is 0.657. The highest BCUT2D eigenvalue weighted by molar-refractivity contribution is 6.32. The molecular weight excluding hydrogens is 676 g/mol. The van der Waals surface area contributed by atoms with Gasteiger partial charge in [0.05, 0.1) is 6.61 Å². The summed E-state index contributed by atoms with van der Waals surface area (Å²) in [5.41, 5.74) is 0. The van der Waals surface area contributed by atoms with Crippen LogP contribution in [0.5, 0.6) is 0 Å². The highest BCUT2D eigenvalue weighted by Gasteiger charge is 2.16. The van der Waals surface area contributed by atoms with Crippen LogP contribution >= 0.6 is 0 Å². The summed E-state index contributed by atoms with van der Waals surface area (Å²) >= 11 is 0. The number of ketones is 5. The maximum atomic E-state index is 10.6. The van der Waals surface area contributed by atoms with E-state index in [0.29, 0.717) is 6.61 Å². The molecule has 16 nitrogen and oxygen atoms in total. The second-order valence-corrected chi connectivity index (χ2v) is 9.09. The molecule has 0 saturated carbocycles. The number of ether oxygens (including phenoxy) is 6. The molecule has 0 amide bonds. The second kappa shape index (κ2) is 41.6. The van der Waals surface area contributed by atoms with Gasteiger partial charge in [-0.1, -0.05) is 36.3 Å². The van der Waals surface area contributed by atoms with Crippen LogP contribution in [-0.4, -0.2) is 104 Å². The highest BCUT2D eigenvalue weighted by Crippen LogP contribution is 1.94. The Bertz CT molecular complexity index is 1050. The van der Waals surface area contributed by atoms with Crippen molar-refractivity contribution in [3.8, 4) is 0 Å². The molecular formula is C35H66O16. The van der Waals surface area contributed by atoms with Gasteiger partial charge in [-0.25, -0.2) is 14.4 Å². The normalized spacial score (nSPS) is 11.2. The summed E-state index contributed by atoms with van der Waals surface area (Å²) in [5.74, 6) is -3.68. The van der Waals surface area contributed by atoms with E-state index in [1.54, 1.807) is 20.8 Å². The first kappa shape index (κ1) is 68.4. The summed E-state index contributed by atoms with van der Waals surface area (Å²) in [5, 5.41) is 0. The van der Waals surface area contributed by atoms with Gasteiger partial charge < -0.3 is 28.4 Å². The molecule has 16 heteroatoms. The van der Waals surface area contributed by atoms with Gasteiger partial charge in [0.2, 0.25) is 5.78 Å². The van der Waals surface area contributed by atoms with Crippen molar-refractivity contribution in [2.75, 3.05) is 13.7 Å². The third-order valence-corrected chi connectivity index (χ3v) is 4.90. The molecule has 5 unspecified atom stereocenters. The van der Waals surface area contributed by atoms with Crippen molar-refractivity contribution in [1.82, 2.24) is 0 Å². The van der Waals surface area contributed by atoms with E-state index in [1.807, 2.05) is 0 Å². The molecule has 0 saturated heterocycles. The molecule has 0 aliphatic carbocycles. The van der Waals surface area contributed by atoms with E-state index < -0.39 is 54.2 Å². The number of carbonyl (C=O) groups is 10. The zero-order valence-electron chi connectivity index (χ0n) is 29.5. The van der Waals surface area contributed by atoms with E-state index in [4.69, 9.17) is 0 Å². The molecule has 0 rings (SSSR count). The van der Waals surface area contributed by atoms with Gasteiger partial charge in [0.15, 0.2) is 53.7 Å². The van der Waals surface area contributed by atoms with Crippen LogP contribution < -0.4 is 0 Å². The van der Waals surface area contributed by atoms with Crippen LogP contribution in [0.3, 0.4) is 0 Å². The number of hydrogen-bond donors (Lipinski definition) is 0. The van der Waals surface area contributed by atoms with Gasteiger partial charge in [0, 0.05) is 27.0 Å². The van der Waals surface area contributed by atoms with Crippen LogP contribution in [0.2, 0.25) is 0 Å². The average Bonchev–Trinajstić information content (AvgIpc) is 2.97. The van der Waals surface area contributed by atoms with Crippen LogP contribution in [0.1, 0.15) is 113 Å². The molecule has 0 N–H and O–H groups in total. The summed E-state index contributed by atoms with van der Waals surface area (Å²) in [7, 11) is 1.47. The molecule has 0 radical (unpaired) electrons. The molecule has 0 bridgehead atoms. The Labute approximate surface area is 305 Å². The fourth-order valence-corrected chi connectivity index (χ4v) is 1.50. The average molecular weight is 743 g/mol. The molecule has 0 aromatic carbocycles. The smallest absolute Gasteiger partial charge is 0.374 e. The Morgan fingerprint density at radius 3 is 1.16 bits per heavy atom. The number of esters is 4. The first-order valence-corrected chi connectivity index (χ1v) is 14.0. The van der Waals surface area contributed by atoms with E-state index >= 15 is 0 Å². The quantitative estimate of drug-likeness (QED) is 0.0780. The third-order valence-electron chi connectivity index (χ3n) is 4.90. The molecule has 0 aromatic rings. The van der Waals surface area contributed by atoms with Gasteiger partial charge >= 0.3 is 23.9 Å². The Balaban J connectivity index is -0.0000000608. The van der Waals surface area contributed by atoms with Gasteiger partial charge in [-0.2, -0.15) is 0 Å². The van der Waals surface area contributed by atoms with Crippen LogP contribution in [0.25, 0.3) is 0 Å². The van der Waals surface area contributed by atoms with Gasteiger partial charge in [0.25, 0.3) is 6.47 Å². The SMILES string of the molecule is C.C.C.C.C=CC(=O)OC(C)C(C)=O.CC(=O)C(=O)OC(C)C(C)=O.CC(=O)C(C)OC=O.CC(=O)OC(C)C(C)=O.CCOC(=O)C(C)OC. The van der Waals surface area contributed by atoms with Crippen molar-refractivity contribution in [3.05, 3.63) is 12.7 Å². The Morgan fingerprint density at radius 2 is 0.941 bits per heavy atom. The van der Waals surface area contributed by atoms with E-state index in [2.05, 4.69) is 35.0 Å². The van der Waals surface area contributed by atoms with Gasteiger partial charge in [-0.05, 0) is 69.2 Å². The summed E-state index contributed by atoms with van der Waals surface area (Å²) in [6.07, 6.45) is -2.09. The summed E-state index contributed by atoms with van der Waals surface area (Å²) < 4.78 is 27.1. The predicted octanol–water partition coefficient (Wildman–Crippen LogP) is 4.58. The molecule has 0 aromatic heterocycles. The first-order chi connectivity index (χ1) is 21.5. The predicted molar refractivity (Wildman–Crippen MR) is 193 cm³/mol. The topological polar surface area (TPSA) is 226 Å². The van der Waals surface area contributed by atoms with E-state index in [1.165, 1.54) is 62.5 Å². The van der Waals surface area contributed by atoms with E-state index in [9.17, 15) is 47.9 Å². The largest absolute Gasteiger partial charge is 0.464 e. The van der Waals surface area contributed by atoms with Gasteiger partial charge in [0.1, 0.15) is 0 Å². The molecule has 0 aliphatic rings. The minimum absolute atomic E-state index is 0. The molecule has 0 fully saturated rings. The summed E-state index contributed by atoms with van der Waals surface area (Å²) in [4.78, 5) is 103. The summed E-state index contributed by atoms with van der Waals surface area (Å²) in [6.45, 7) is 21.1. The van der Waals surface area contributed by atoms with Crippen molar-refractivity contribution in [2.24, 2.45) is 0 Å². The molecule has 5 atom stereocenters. The Hall–Kier alpha value is -4.60. The van der Waals surface area contributed by atoms with Crippen molar-refractivity contribution in [3.63, 3.8) is 0 Å². The standard InChI is InChI=1S/C7H10O4.C7H10O3.C6H12O3.C6H10O3.C5H8O3.4CH4/c1-4(8)6(3)11-7(10)5(2)9;1-4-7(9)10-6(3)5(2)8;1-4-9-6(7)5(2)8-3;1-4(7)5(2)9-6(3)8;1-4(7)5(2)8-3-6;;;;/h6H,1-3H3;4,6H,1H2,2-3H3;5H,4H2,1-3H3;5H,1-3H3;3,5H,1-2H3;4*1H4. The molecule has 0 aliphatic heterocycles. The van der Waals surface area contributed by atoms with Crippen LogP contribution in [-0.2, 0) is 76.4 Å². The fourth-order valence-electron chi connectivity index (χ4n) is 1.50. The van der Waals surface area contributed by atoms with Gasteiger partial charge in [-0.15, -0.1) is 0 Å². The first-order valence-electron chi connectivity index (χ1n) is 14.0. The second-order valence-electron chi connectivity index (χ2n) is 9.09. The van der Waals surface area contributed by atoms with E-state index in [0.717, 1.165) is 13.0 Å². The third kappa shape index (κ3) is 49.9. The highest BCUT2D eigenvalue weighted by atomic mass is 16.6. The number of carbonyl (C=O) groups excluding carboxylic acids is 10. The maximum Gasteiger partial charge on any atom is 0.374 e. The lowest BCUT2D eigenvalue weighted by Gasteiger charge is -2.06. The van der Waals surface area contributed by atoms with Crippen molar-refractivity contribution in [1.29, 1.82) is 0 Å². The van der Waals surface area contributed by atoms with Crippen molar-refractivity contribution in [2.45, 2.75) is 143 Å². The molecule has 0 heterocycles. The van der Waals surface area contributed by atoms with E-state index in [-0.39, 0.29) is 65.3 Å². The monoisotopic (exact) mass is 742 g/mol. The lowest BCUT2D eigenvalue weighted by atomic mass is 10.3. The molecule has 0 spiro atoms. The van der Waals surface area contributed by atoms with Gasteiger partial charge in [-0.3, -0.25) is 33.6 Å². The number of hydrogen-bond acceptors (Lipinski definition) is 16. The minimum atomic E-state index is -0.965. The lowest BCUT2D eigenvalue weighted by molar-refractivity contribution is -0.159. The van der Waals surface area contributed by atoms with Crippen LogP contribution in [0.15, 0.2) is 12.7 Å².